The van der Waals surface area contributed by atoms with Crippen molar-refractivity contribution in [3.05, 3.63) is 122 Å². The SMILES string of the molecule is CC/C=C\C/C=C\C/C=C\C/C=C\CCC(=O)OCC(COC(=O)CCCCCCCC/C=C\C/C=C\C/C=C\CCCCC)OC(=O)CCCCCCCC/C=C\C/C=C\C/C=C\CCCCC. The van der Waals surface area contributed by atoms with E-state index in [4.69, 9.17) is 14.2 Å². The lowest BCUT2D eigenvalue weighted by atomic mass is 10.1. The number of hydrogen-bond acceptors (Lipinski definition) is 6. The Morgan fingerprint density at radius 3 is 0.971 bits per heavy atom. The molecule has 0 radical (unpaired) electrons. The molecule has 0 N–H and O–H groups in total. The first-order chi connectivity index (χ1) is 34.0. The molecule has 0 aromatic carbocycles. The Kier molecular flexibility index (Phi) is 53.0. The monoisotopic (exact) mass is 955 g/mol. The van der Waals surface area contributed by atoms with E-state index in [1.165, 1.54) is 77.0 Å². The van der Waals surface area contributed by atoms with E-state index in [0.29, 0.717) is 19.3 Å². The van der Waals surface area contributed by atoms with E-state index < -0.39 is 6.10 Å². The van der Waals surface area contributed by atoms with Crippen LogP contribution in [0.25, 0.3) is 0 Å². The highest BCUT2D eigenvalue weighted by Gasteiger charge is 2.19. The molecule has 0 aliphatic carbocycles. The molecule has 0 bridgehead atoms. The summed E-state index contributed by atoms with van der Waals surface area (Å²) < 4.78 is 16.8. The third kappa shape index (κ3) is 54.6. The zero-order chi connectivity index (χ0) is 50.0. The van der Waals surface area contributed by atoms with Crippen molar-refractivity contribution < 1.29 is 28.6 Å². The Bertz CT molecular complexity index is 1470. The maximum absolute atomic E-state index is 12.8. The summed E-state index contributed by atoms with van der Waals surface area (Å²) in [5.74, 6) is -1.03. The largest absolute Gasteiger partial charge is 0.462 e. The summed E-state index contributed by atoms with van der Waals surface area (Å²) in [4.78, 5) is 38.1. The summed E-state index contributed by atoms with van der Waals surface area (Å²) in [5.41, 5.74) is 0. The molecule has 0 saturated heterocycles. The Morgan fingerprint density at radius 1 is 0.304 bits per heavy atom. The number of rotatable bonds is 49. The molecule has 0 fully saturated rings. The van der Waals surface area contributed by atoms with Crippen molar-refractivity contribution in [2.24, 2.45) is 0 Å². The number of esters is 3. The van der Waals surface area contributed by atoms with Gasteiger partial charge >= 0.3 is 17.9 Å². The summed E-state index contributed by atoms with van der Waals surface area (Å²) in [6.07, 6.45) is 77.7. The van der Waals surface area contributed by atoms with Crippen LogP contribution in [0, 0.1) is 0 Å². The lowest BCUT2D eigenvalue weighted by Crippen LogP contribution is -2.30. The fraction of sp³-hybridized carbons (Fsp3) is 0.635. The zero-order valence-electron chi connectivity index (χ0n) is 44.5. The van der Waals surface area contributed by atoms with Crippen LogP contribution in [0.4, 0.5) is 0 Å². The molecule has 69 heavy (non-hydrogen) atoms. The van der Waals surface area contributed by atoms with Crippen molar-refractivity contribution in [3.63, 3.8) is 0 Å². The van der Waals surface area contributed by atoms with Gasteiger partial charge in [0.2, 0.25) is 0 Å². The molecule has 0 aromatic heterocycles. The van der Waals surface area contributed by atoms with Gasteiger partial charge in [-0.25, -0.2) is 0 Å². The topological polar surface area (TPSA) is 78.9 Å². The van der Waals surface area contributed by atoms with Gasteiger partial charge < -0.3 is 14.2 Å². The maximum atomic E-state index is 12.8. The van der Waals surface area contributed by atoms with Crippen LogP contribution in [0.15, 0.2) is 122 Å². The fourth-order valence-corrected chi connectivity index (χ4v) is 7.23. The van der Waals surface area contributed by atoms with Crippen LogP contribution in [0.3, 0.4) is 0 Å². The van der Waals surface area contributed by atoms with Crippen molar-refractivity contribution in [2.75, 3.05) is 13.2 Å². The lowest BCUT2D eigenvalue weighted by molar-refractivity contribution is -0.166. The predicted octanol–water partition coefficient (Wildman–Crippen LogP) is 18.9. The van der Waals surface area contributed by atoms with Gasteiger partial charge in [-0.1, -0.05) is 219 Å². The smallest absolute Gasteiger partial charge is 0.306 e. The van der Waals surface area contributed by atoms with Gasteiger partial charge in [0.05, 0.1) is 0 Å². The molecule has 0 aliphatic rings. The van der Waals surface area contributed by atoms with Crippen LogP contribution in [0.2, 0.25) is 0 Å². The number of unbranched alkanes of at least 4 members (excludes halogenated alkanes) is 18. The Morgan fingerprint density at radius 2 is 0.594 bits per heavy atom. The number of ether oxygens (including phenoxy) is 3. The van der Waals surface area contributed by atoms with Gasteiger partial charge in [-0.15, -0.1) is 0 Å². The predicted molar refractivity (Wildman–Crippen MR) is 297 cm³/mol. The van der Waals surface area contributed by atoms with E-state index in [-0.39, 0.29) is 37.5 Å². The van der Waals surface area contributed by atoms with E-state index in [0.717, 1.165) is 116 Å². The van der Waals surface area contributed by atoms with Crippen LogP contribution >= 0.6 is 0 Å². The highest BCUT2D eigenvalue weighted by Crippen LogP contribution is 2.13. The molecular formula is C63H102O6. The van der Waals surface area contributed by atoms with E-state index in [9.17, 15) is 14.4 Å². The summed E-state index contributed by atoms with van der Waals surface area (Å²) >= 11 is 0. The molecule has 6 heteroatoms. The van der Waals surface area contributed by atoms with Gasteiger partial charge in [0, 0.05) is 19.3 Å². The Hall–Kier alpha value is -4.19. The van der Waals surface area contributed by atoms with Gasteiger partial charge in [0.25, 0.3) is 0 Å². The van der Waals surface area contributed by atoms with Crippen molar-refractivity contribution >= 4 is 17.9 Å². The molecule has 1 unspecified atom stereocenters. The highest BCUT2D eigenvalue weighted by molar-refractivity contribution is 5.71. The molecule has 1 atom stereocenters. The van der Waals surface area contributed by atoms with Crippen LogP contribution < -0.4 is 0 Å². The highest BCUT2D eigenvalue weighted by atomic mass is 16.6. The first kappa shape index (κ1) is 64.8. The zero-order valence-corrected chi connectivity index (χ0v) is 44.5. The number of carbonyl (C=O) groups is 3. The summed E-state index contributed by atoms with van der Waals surface area (Å²) in [6, 6.07) is 0. The molecular weight excluding hydrogens is 853 g/mol. The van der Waals surface area contributed by atoms with Crippen molar-refractivity contribution in [1.29, 1.82) is 0 Å². The van der Waals surface area contributed by atoms with E-state index in [1.54, 1.807) is 0 Å². The lowest BCUT2D eigenvalue weighted by Gasteiger charge is -2.18. The summed E-state index contributed by atoms with van der Waals surface area (Å²) in [6.45, 7) is 6.37. The first-order valence-corrected chi connectivity index (χ1v) is 28.0. The van der Waals surface area contributed by atoms with Gasteiger partial charge in [-0.3, -0.25) is 14.4 Å². The van der Waals surface area contributed by atoms with Crippen LogP contribution in [0.5, 0.6) is 0 Å². The second-order valence-electron chi connectivity index (χ2n) is 18.1. The van der Waals surface area contributed by atoms with Crippen LogP contribution in [0.1, 0.15) is 239 Å². The van der Waals surface area contributed by atoms with E-state index in [1.807, 2.05) is 12.2 Å². The Labute approximate surface area is 424 Å². The quantitative estimate of drug-likeness (QED) is 0.0262. The van der Waals surface area contributed by atoms with Crippen molar-refractivity contribution in [2.45, 2.75) is 245 Å². The van der Waals surface area contributed by atoms with E-state index in [2.05, 4.69) is 130 Å². The first-order valence-electron chi connectivity index (χ1n) is 28.0. The minimum Gasteiger partial charge on any atom is -0.462 e. The molecule has 0 saturated carbocycles. The molecule has 0 amide bonds. The fourth-order valence-electron chi connectivity index (χ4n) is 7.23. The number of carbonyl (C=O) groups excluding carboxylic acids is 3. The third-order valence-electron chi connectivity index (χ3n) is 11.4. The second kappa shape index (κ2) is 56.4. The van der Waals surface area contributed by atoms with Gasteiger partial charge in [-0.2, -0.15) is 0 Å². The maximum Gasteiger partial charge on any atom is 0.306 e. The molecule has 0 rings (SSSR count). The summed E-state index contributed by atoms with van der Waals surface area (Å²) in [5, 5.41) is 0. The third-order valence-corrected chi connectivity index (χ3v) is 11.4. The summed E-state index contributed by atoms with van der Waals surface area (Å²) in [7, 11) is 0. The van der Waals surface area contributed by atoms with Crippen LogP contribution in [-0.4, -0.2) is 37.2 Å². The normalized spacial score (nSPS) is 13.0. The van der Waals surface area contributed by atoms with Crippen molar-refractivity contribution in [1.82, 2.24) is 0 Å². The molecule has 6 nitrogen and oxygen atoms in total. The number of hydrogen-bond donors (Lipinski definition) is 0. The minimum atomic E-state index is -0.823. The molecule has 390 valence electrons. The number of allylic oxidation sites excluding steroid dienone is 20. The van der Waals surface area contributed by atoms with Gasteiger partial charge in [-0.05, 0) is 122 Å². The average molecular weight is 956 g/mol. The van der Waals surface area contributed by atoms with E-state index >= 15 is 0 Å². The van der Waals surface area contributed by atoms with Gasteiger partial charge in [0.1, 0.15) is 13.2 Å². The molecule has 0 aliphatic heterocycles. The standard InChI is InChI=1S/C63H102O6/c1-4-7-10-13-16-19-22-25-27-29-31-33-35-38-41-44-47-50-53-56-62(65)68-59-60(58-67-61(64)55-52-49-46-43-40-37-24-21-18-15-12-9-6-3)69-63(66)57-54-51-48-45-42-39-36-34-32-30-28-26-23-20-17-14-11-8-5-2/h9,12,16-21,25-28,31-34,37,40,46,49,60H,4-8,10-11,13-15,22-24,29-30,35-36,38-39,41-45,47-48,50-59H2,1-3H3/b12-9-,19-16-,20-17-,21-18-,27-25-,28-26-,33-31-,34-32-,40-37-,49-46-. The molecule has 0 heterocycles. The average Bonchev–Trinajstić information content (AvgIpc) is 3.35. The molecule has 0 spiro atoms. The van der Waals surface area contributed by atoms with Gasteiger partial charge in [0.15, 0.2) is 6.10 Å². The second-order valence-corrected chi connectivity index (χ2v) is 18.1. The van der Waals surface area contributed by atoms with Crippen LogP contribution in [-0.2, 0) is 28.6 Å². The molecule has 0 aromatic rings. The Balaban J connectivity index is 4.51. The van der Waals surface area contributed by atoms with Crippen molar-refractivity contribution in [3.8, 4) is 0 Å². The minimum absolute atomic E-state index is 0.116.